The van der Waals surface area contributed by atoms with E-state index in [0.717, 1.165) is 31.5 Å². The van der Waals surface area contributed by atoms with Crippen LogP contribution in [0.5, 0.6) is 0 Å². The third-order valence-electron chi connectivity index (χ3n) is 2.78. The molecular formula is C14H18ClN3O. The number of aromatic nitrogens is 2. The summed E-state index contributed by atoms with van der Waals surface area (Å²) in [6.07, 6.45) is 2.11. The molecule has 19 heavy (non-hydrogen) atoms. The minimum absolute atomic E-state index is 0.591. The zero-order chi connectivity index (χ0) is 13.7. The highest BCUT2D eigenvalue weighted by atomic mass is 35.5. The van der Waals surface area contributed by atoms with E-state index in [9.17, 15) is 0 Å². The first-order valence-corrected chi connectivity index (χ1v) is 6.97. The van der Waals surface area contributed by atoms with Crippen molar-refractivity contribution in [1.82, 2.24) is 10.1 Å². The van der Waals surface area contributed by atoms with Gasteiger partial charge in [-0.1, -0.05) is 30.6 Å². The van der Waals surface area contributed by atoms with Crippen molar-refractivity contribution in [1.29, 1.82) is 0 Å². The second-order valence-corrected chi connectivity index (χ2v) is 4.83. The standard InChI is InChI=1S/C14H18ClN3O/c1-3-9-18(10-4-2)14-16-13(17-19-14)11-5-7-12(15)8-6-11/h5-8H,3-4,9-10H2,1-2H3. The lowest BCUT2D eigenvalue weighted by atomic mass is 10.2. The molecule has 5 heteroatoms. The minimum atomic E-state index is 0.591. The third-order valence-corrected chi connectivity index (χ3v) is 3.03. The quantitative estimate of drug-likeness (QED) is 0.801. The molecule has 0 spiro atoms. The number of halogens is 1. The van der Waals surface area contributed by atoms with Crippen molar-refractivity contribution < 1.29 is 4.52 Å². The van der Waals surface area contributed by atoms with Crippen LogP contribution in [0.3, 0.4) is 0 Å². The Balaban J connectivity index is 2.19. The highest BCUT2D eigenvalue weighted by molar-refractivity contribution is 6.30. The van der Waals surface area contributed by atoms with Crippen LogP contribution < -0.4 is 4.90 Å². The maximum absolute atomic E-state index is 5.86. The normalized spacial score (nSPS) is 10.7. The summed E-state index contributed by atoms with van der Waals surface area (Å²) in [6.45, 7) is 6.13. The lowest BCUT2D eigenvalue weighted by Crippen LogP contribution is -2.25. The van der Waals surface area contributed by atoms with E-state index in [-0.39, 0.29) is 0 Å². The monoisotopic (exact) mass is 279 g/mol. The van der Waals surface area contributed by atoms with Gasteiger partial charge in [0.05, 0.1) is 0 Å². The molecule has 1 aromatic heterocycles. The molecule has 2 aromatic rings. The SMILES string of the molecule is CCCN(CCC)c1nc(-c2ccc(Cl)cc2)no1. The second kappa shape index (κ2) is 6.57. The Hall–Kier alpha value is -1.55. The number of hydrogen-bond acceptors (Lipinski definition) is 4. The summed E-state index contributed by atoms with van der Waals surface area (Å²) in [5.74, 6) is 0.601. The molecule has 0 atom stereocenters. The molecule has 102 valence electrons. The van der Waals surface area contributed by atoms with E-state index in [1.807, 2.05) is 24.3 Å². The van der Waals surface area contributed by atoms with Crippen LogP contribution in [0.2, 0.25) is 5.02 Å². The molecule has 0 radical (unpaired) electrons. The zero-order valence-corrected chi connectivity index (χ0v) is 12.0. The largest absolute Gasteiger partial charge is 0.324 e. The summed E-state index contributed by atoms with van der Waals surface area (Å²) in [4.78, 5) is 6.57. The van der Waals surface area contributed by atoms with Crippen molar-refractivity contribution in [3.8, 4) is 11.4 Å². The van der Waals surface area contributed by atoms with Crippen molar-refractivity contribution >= 4 is 17.6 Å². The minimum Gasteiger partial charge on any atom is -0.324 e. The molecule has 0 unspecified atom stereocenters. The van der Waals surface area contributed by atoms with E-state index < -0.39 is 0 Å². The van der Waals surface area contributed by atoms with Gasteiger partial charge < -0.3 is 9.42 Å². The van der Waals surface area contributed by atoms with Gasteiger partial charge in [0.25, 0.3) is 0 Å². The number of anilines is 1. The van der Waals surface area contributed by atoms with E-state index in [1.165, 1.54) is 0 Å². The summed E-state index contributed by atoms with van der Waals surface area (Å²) in [7, 11) is 0. The molecule has 4 nitrogen and oxygen atoms in total. The van der Waals surface area contributed by atoms with Gasteiger partial charge in [-0.05, 0) is 37.1 Å². The van der Waals surface area contributed by atoms with E-state index in [1.54, 1.807) is 0 Å². The first kappa shape index (κ1) is 13.9. The molecule has 1 aromatic carbocycles. The van der Waals surface area contributed by atoms with Gasteiger partial charge in [-0.2, -0.15) is 4.98 Å². The Bertz CT molecular complexity index is 504. The predicted octanol–water partition coefficient (Wildman–Crippen LogP) is 4.02. The highest BCUT2D eigenvalue weighted by Crippen LogP contribution is 2.21. The van der Waals surface area contributed by atoms with E-state index >= 15 is 0 Å². The highest BCUT2D eigenvalue weighted by Gasteiger charge is 2.14. The second-order valence-electron chi connectivity index (χ2n) is 4.39. The van der Waals surface area contributed by atoms with E-state index in [0.29, 0.717) is 16.9 Å². The van der Waals surface area contributed by atoms with Crippen LogP contribution in [0, 0.1) is 0 Å². The third kappa shape index (κ3) is 3.47. The molecule has 0 aliphatic rings. The average Bonchev–Trinajstić information content (AvgIpc) is 2.89. The lowest BCUT2D eigenvalue weighted by molar-refractivity contribution is 0.413. The van der Waals surface area contributed by atoms with Gasteiger partial charge in [0, 0.05) is 23.7 Å². The molecule has 0 fully saturated rings. The number of benzene rings is 1. The van der Waals surface area contributed by atoms with Crippen LogP contribution in [0.1, 0.15) is 26.7 Å². The van der Waals surface area contributed by atoms with E-state index in [4.69, 9.17) is 16.1 Å². The van der Waals surface area contributed by atoms with Crippen molar-refractivity contribution in [2.75, 3.05) is 18.0 Å². The van der Waals surface area contributed by atoms with Crippen LogP contribution in [-0.2, 0) is 0 Å². The summed E-state index contributed by atoms with van der Waals surface area (Å²) in [5.41, 5.74) is 0.910. The molecule has 2 rings (SSSR count). The van der Waals surface area contributed by atoms with Gasteiger partial charge in [-0.15, -0.1) is 0 Å². The number of hydrogen-bond donors (Lipinski definition) is 0. The van der Waals surface area contributed by atoms with Gasteiger partial charge in [0.1, 0.15) is 0 Å². The molecule has 0 saturated carbocycles. The molecule has 0 saturated heterocycles. The fourth-order valence-corrected chi connectivity index (χ4v) is 2.03. The fraction of sp³-hybridized carbons (Fsp3) is 0.429. The lowest BCUT2D eigenvalue weighted by Gasteiger charge is -2.17. The van der Waals surface area contributed by atoms with Crippen LogP contribution in [0.15, 0.2) is 28.8 Å². The Morgan fingerprint density at radius 2 is 1.74 bits per heavy atom. The first-order valence-electron chi connectivity index (χ1n) is 6.59. The van der Waals surface area contributed by atoms with Gasteiger partial charge in [-0.25, -0.2) is 0 Å². The fourth-order valence-electron chi connectivity index (χ4n) is 1.90. The molecule has 0 amide bonds. The summed E-state index contributed by atoms with van der Waals surface area (Å²) < 4.78 is 5.35. The maximum atomic E-state index is 5.86. The van der Waals surface area contributed by atoms with Crippen molar-refractivity contribution in [3.05, 3.63) is 29.3 Å². The summed E-state index contributed by atoms with van der Waals surface area (Å²) in [5, 5.41) is 4.73. The van der Waals surface area contributed by atoms with Crippen molar-refractivity contribution in [2.45, 2.75) is 26.7 Å². The topological polar surface area (TPSA) is 42.2 Å². The van der Waals surface area contributed by atoms with Crippen LogP contribution >= 0.6 is 11.6 Å². The Morgan fingerprint density at radius 1 is 1.11 bits per heavy atom. The number of nitrogens with zero attached hydrogens (tertiary/aromatic N) is 3. The van der Waals surface area contributed by atoms with Crippen molar-refractivity contribution in [3.63, 3.8) is 0 Å². The first-order chi connectivity index (χ1) is 9.24. The maximum Gasteiger partial charge on any atom is 0.324 e. The van der Waals surface area contributed by atoms with E-state index in [2.05, 4.69) is 28.9 Å². The van der Waals surface area contributed by atoms with Gasteiger partial charge in [0.15, 0.2) is 0 Å². The van der Waals surface area contributed by atoms with Crippen molar-refractivity contribution in [2.24, 2.45) is 0 Å². The predicted molar refractivity (Wildman–Crippen MR) is 77.5 cm³/mol. The smallest absolute Gasteiger partial charge is 0.324 e. The molecule has 0 aliphatic heterocycles. The molecule has 0 N–H and O–H groups in total. The average molecular weight is 280 g/mol. The Morgan fingerprint density at radius 3 is 2.32 bits per heavy atom. The van der Waals surface area contributed by atoms with Crippen LogP contribution in [-0.4, -0.2) is 23.2 Å². The molecule has 1 heterocycles. The van der Waals surface area contributed by atoms with Gasteiger partial charge >= 0.3 is 6.01 Å². The summed E-state index contributed by atoms with van der Waals surface area (Å²) in [6, 6.07) is 8.02. The molecular weight excluding hydrogens is 262 g/mol. The molecule has 0 aliphatic carbocycles. The van der Waals surface area contributed by atoms with Crippen LogP contribution in [0.4, 0.5) is 6.01 Å². The zero-order valence-electron chi connectivity index (χ0n) is 11.3. The molecule has 0 bridgehead atoms. The Kier molecular flexibility index (Phi) is 4.80. The number of rotatable bonds is 6. The summed E-state index contributed by atoms with van der Waals surface area (Å²) >= 11 is 5.86. The van der Waals surface area contributed by atoms with Gasteiger partial charge in [-0.3, -0.25) is 0 Å². The van der Waals surface area contributed by atoms with Gasteiger partial charge in [0.2, 0.25) is 5.82 Å². The van der Waals surface area contributed by atoms with Crippen LogP contribution in [0.25, 0.3) is 11.4 Å². The Labute approximate surface area is 118 Å².